The summed E-state index contributed by atoms with van der Waals surface area (Å²) < 4.78 is 34.2. The topological polar surface area (TPSA) is 84.7 Å². The van der Waals surface area contributed by atoms with Crippen molar-refractivity contribution in [3.63, 3.8) is 0 Å². The lowest BCUT2D eigenvalue weighted by molar-refractivity contribution is 0.00961. The molecule has 3 atom stereocenters. The highest BCUT2D eigenvalue weighted by molar-refractivity contribution is 7.87. The Labute approximate surface area is 109 Å². The second-order valence-electron chi connectivity index (χ2n) is 5.20. The van der Waals surface area contributed by atoms with Crippen LogP contribution in [-0.2, 0) is 14.9 Å². The van der Waals surface area contributed by atoms with Gasteiger partial charge in [-0.15, -0.1) is 0 Å². The standard InChI is InChI=1S/C11H23N3O3S/c1-9-8-14(5-6-17-9)18(15,16)13-11-4-2-3-10(11)7-12/h9-11,13H,2-8,12H2,1H3/t9-,10+,11+/m1/s1. The summed E-state index contributed by atoms with van der Waals surface area (Å²) in [5.41, 5.74) is 5.68. The molecule has 2 aliphatic rings. The van der Waals surface area contributed by atoms with Crippen LogP contribution in [0.4, 0.5) is 0 Å². The molecule has 1 heterocycles. The van der Waals surface area contributed by atoms with Crippen LogP contribution in [0, 0.1) is 5.92 Å². The fraction of sp³-hybridized carbons (Fsp3) is 1.00. The molecule has 0 spiro atoms. The zero-order valence-electron chi connectivity index (χ0n) is 10.8. The van der Waals surface area contributed by atoms with Crippen molar-refractivity contribution in [2.75, 3.05) is 26.2 Å². The summed E-state index contributed by atoms with van der Waals surface area (Å²) >= 11 is 0. The summed E-state index contributed by atoms with van der Waals surface area (Å²) in [6.45, 7) is 3.76. The molecule has 0 aromatic rings. The van der Waals surface area contributed by atoms with Gasteiger partial charge in [0.15, 0.2) is 0 Å². The molecule has 2 fully saturated rings. The Kier molecular flexibility index (Phi) is 4.60. The summed E-state index contributed by atoms with van der Waals surface area (Å²) in [6.07, 6.45) is 2.92. The molecule has 7 heteroatoms. The molecule has 0 bridgehead atoms. The van der Waals surface area contributed by atoms with E-state index in [2.05, 4.69) is 4.72 Å². The first-order valence-electron chi connectivity index (χ1n) is 6.62. The molecule has 6 nitrogen and oxygen atoms in total. The van der Waals surface area contributed by atoms with E-state index in [0.29, 0.717) is 26.2 Å². The van der Waals surface area contributed by atoms with E-state index in [1.807, 2.05) is 6.92 Å². The Balaban J connectivity index is 1.98. The normalized spacial score (nSPS) is 34.9. The van der Waals surface area contributed by atoms with Crippen LogP contribution in [0.5, 0.6) is 0 Å². The highest BCUT2D eigenvalue weighted by atomic mass is 32.2. The van der Waals surface area contributed by atoms with Crippen LogP contribution in [0.25, 0.3) is 0 Å². The van der Waals surface area contributed by atoms with Crippen LogP contribution < -0.4 is 10.5 Å². The minimum absolute atomic E-state index is 0.00171. The number of hydrogen-bond acceptors (Lipinski definition) is 4. The molecule has 3 N–H and O–H groups in total. The third kappa shape index (κ3) is 3.21. The van der Waals surface area contributed by atoms with E-state index in [0.717, 1.165) is 19.3 Å². The van der Waals surface area contributed by atoms with E-state index >= 15 is 0 Å². The highest BCUT2D eigenvalue weighted by Gasteiger charge is 2.34. The van der Waals surface area contributed by atoms with Gasteiger partial charge in [0.2, 0.25) is 0 Å². The van der Waals surface area contributed by atoms with Gasteiger partial charge in [-0.05, 0) is 32.2 Å². The van der Waals surface area contributed by atoms with Crippen LogP contribution >= 0.6 is 0 Å². The van der Waals surface area contributed by atoms with Crippen molar-refractivity contribution in [2.24, 2.45) is 11.7 Å². The summed E-state index contributed by atoms with van der Waals surface area (Å²) in [7, 11) is -3.39. The monoisotopic (exact) mass is 277 g/mol. The van der Waals surface area contributed by atoms with Crippen molar-refractivity contribution in [3.8, 4) is 0 Å². The molecule has 0 aromatic carbocycles. The third-order valence-electron chi connectivity index (χ3n) is 3.81. The summed E-state index contributed by atoms with van der Waals surface area (Å²) in [4.78, 5) is 0. The Hall–Kier alpha value is -0.210. The van der Waals surface area contributed by atoms with Gasteiger partial charge in [-0.2, -0.15) is 17.4 Å². The van der Waals surface area contributed by atoms with Gasteiger partial charge in [-0.25, -0.2) is 0 Å². The van der Waals surface area contributed by atoms with E-state index in [1.54, 1.807) is 0 Å². The van der Waals surface area contributed by atoms with Gasteiger partial charge in [-0.3, -0.25) is 0 Å². The van der Waals surface area contributed by atoms with Crippen LogP contribution in [0.1, 0.15) is 26.2 Å². The number of morpholine rings is 1. The van der Waals surface area contributed by atoms with Crippen LogP contribution in [0.15, 0.2) is 0 Å². The van der Waals surface area contributed by atoms with Crippen molar-refractivity contribution in [1.82, 2.24) is 9.03 Å². The average Bonchev–Trinajstić information content (AvgIpc) is 2.75. The van der Waals surface area contributed by atoms with E-state index in [-0.39, 0.29) is 18.1 Å². The van der Waals surface area contributed by atoms with Gasteiger partial charge in [0.25, 0.3) is 10.2 Å². The van der Waals surface area contributed by atoms with Gasteiger partial charge < -0.3 is 10.5 Å². The molecule has 1 saturated carbocycles. The molecular weight excluding hydrogens is 254 g/mol. The lowest BCUT2D eigenvalue weighted by Crippen LogP contribution is -2.52. The number of rotatable bonds is 4. The third-order valence-corrected chi connectivity index (χ3v) is 5.42. The van der Waals surface area contributed by atoms with Crippen LogP contribution in [0.2, 0.25) is 0 Å². The van der Waals surface area contributed by atoms with E-state index < -0.39 is 10.2 Å². The minimum atomic E-state index is -3.39. The number of nitrogens with zero attached hydrogens (tertiary/aromatic N) is 1. The second-order valence-corrected chi connectivity index (χ2v) is 6.90. The number of ether oxygens (including phenoxy) is 1. The van der Waals surface area contributed by atoms with Crippen molar-refractivity contribution >= 4 is 10.2 Å². The van der Waals surface area contributed by atoms with Gasteiger partial charge in [0.1, 0.15) is 0 Å². The van der Waals surface area contributed by atoms with Crippen molar-refractivity contribution < 1.29 is 13.2 Å². The molecule has 0 aromatic heterocycles. The SMILES string of the molecule is C[C@@H]1CN(S(=O)(=O)N[C@H]2CCC[C@H]2CN)CCO1. The molecule has 1 saturated heterocycles. The highest BCUT2D eigenvalue weighted by Crippen LogP contribution is 2.25. The molecule has 0 unspecified atom stereocenters. The molecule has 1 aliphatic heterocycles. The lowest BCUT2D eigenvalue weighted by Gasteiger charge is -2.32. The van der Waals surface area contributed by atoms with E-state index in [4.69, 9.17) is 10.5 Å². The molecule has 0 amide bonds. The van der Waals surface area contributed by atoms with E-state index in [9.17, 15) is 8.42 Å². The Bertz CT molecular complexity index is 374. The second kappa shape index (κ2) is 5.83. The minimum Gasteiger partial charge on any atom is -0.376 e. The molecule has 2 rings (SSSR count). The summed E-state index contributed by atoms with van der Waals surface area (Å²) in [5, 5.41) is 0. The van der Waals surface area contributed by atoms with Crippen molar-refractivity contribution in [2.45, 2.75) is 38.3 Å². The fourth-order valence-electron chi connectivity index (χ4n) is 2.74. The molecule has 1 aliphatic carbocycles. The van der Waals surface area contributed by atoms with Crippen LogP contribution in [0.3, 0.4) is 0 Å². The predicted molar refractivity (Wildman–Crippen MR) is 69.2 cm³/mol. The molecule has 106 valence electrons. The Morgan fingerprint density at radius 1 is 1.44 bits per heavy atom. The Morgan fingerprint density at radius 3 is 2.89 bits per heavy atom. The Morgan fingerprint density at radius 2 is 2.22 bits per heavy atom. The zero-order chi connectivity index (χ0) is 13.2. The molecule has 18 heavy (non-hydrogen) atoms. The first-order chi connectivity index (χ1) is 8.53. The summed E-state index contributed by atoms with van der Waals surface area (Å²) in [5.74, 6) is 0.276. The quantitative estimate of drug-likeness (QED) is 0.737. The maximum Gasteiger partial charge on any atom is 0.279 e. The summed E-state index contributed by atoms with van der Waals surface area (Å²) in [6, 6.07) is -0.00171. The van der Waals surface area contributed by atoms with Gasteiger partial charge in [0.05, 0.1) is 12.7 Å². The smallest absolute Gasteiger partial charge is 0.279 e. The van der Waals surface area contributed by atoms with Gasteiger partial charge in [0, 0.05) is 19.1 Å². The molecular formula is C11H23N3O3S. The largest absolute Gasteiger partial charge is 0.376 e. The van der Waals surface area contributed by atoms with Crippen molar-refractivity contribution in [3.05, 3.63) is 0 Å². The number of nitrogens with two attached hydrogens (primary N) is 1. The van der Waals surface area contributed by atoms with Crippen LogP contribution in [-0.4, -0.2) is 51.1 Å². The maximum absolute atomic E-state index is 12.3. The van der Waals surface area contributed by atoms with Gasteiger partial charge >= 0.3 is 0 Å². The molecule has 0 radical (unpaired) electrons. The van der Waals surface area contributed by atoms with Crippen molar-refractivity contribution in [1.29, 1.82) is 0 Å². The fourth-order valence-corrected chi connectivity index (χ4v) is 4.31. The lowest BCUT2D eigenvalue weighted by atomic mass is 10.1. The average molecular weight is 277 g/mol. The van der Waals surface area contributed by atoms with Gasteiger partial charge in [-0.1, -0.05) is 6.42 Å². The van der Waals surface area contributed by atoms with E-state index in [1.165, 1.54) is 4.31 Å². The maximum atomic E-state index is 12.3. The predicted octanol–water partition coefficient (Wildman–Crippen LogP) is -0.331. The number of nitrogens with one attached hydrogen (secondary N) is 1. The number of hydrogen-bond donors (Lipinski definition) is 2. The first kappa shape index (κ1) is 14.2. The zero-order valence-corrected chi connectivity index (χ0v) is 11.7. The first-order valence-corrected chi connectivity index (χ1v) is 8.06.